The Hall–Kier alpha value is -1.17. The zero-order valence-corrected chi connectivity index (χ0v) is 11.6. The molecule has 2 heterocycles. The van der Waals surface area contributed by atoms with Crippen LogP contribution in [0.15, 0.2) is 43.9 Å². The first-order valence-electron chi connectivity index (χ1n) is 5.32. The summed E-state index contributed by atoms with van der Waals surface area (Å²) in [6, 6.07) is 8.20. The number of fused-ring (bicyclic) bond motifs is 1. The number of thiophene rings is 1. The van der Waals surface area contributed by atoms with Crippen LogP contribution in [0.2, 0.25) is 0 Å². The van der Waals surface area contributed by atoms with E-state index in [2.05, 4.69) is 15.9 Å². The highest BCUT2D eigenvalue weighted by Gasteiger charge is 2.16. The third-order valence-corrected chi connectivity index (χ3v) is 4.29. The topological polar surface area (TPSA) is 39.2 Å². The zero-order valence-electron chi connectivity index (χ0n) is 9.19. The van der Waals surface area contributed by atoms with Crippen LogP contribution in [0.5, 0.6) is 0 Å². The number of hydrogen-bond donors (Lipinski definition) is 1. The predicted octanol–water partition coefficient (Wildman–Crippen LogP) is 4.44. The summed E-state index contributed by atoms with van der Waals surface area (Å²) in [5, 5.41) is 2.69. The van der Waals surface area contributed by atoms with Gasteiger partial charge >= 0.3 is 0 Å². The van der Waals surface area contributed by atoms with Crippen LogP contribution in [0.3, 0.4) is 0 Å². The molecule has 0 aliphatic heterocycles. The lowest BCUT2D eigenvalue weighted by Crippen LogP contribution is -2.09. The van der Waals surface area contributed by atoms with E-state index >= 15 is 0 Å². The lowest BCUT2D eigenvalue weighted by molar-refractivity contribution is 0.502. The minimum atomic E-state index is -0.376. The van der Waals surface area contributed by atoms with Crippen molar-refractivity contribution in [2.75, 3.05) is 0 Å². The molecule has 2 nitrogen and oxygen atoms in total. The molecule has 92 valence electrons. The maximum absolute atomic E-state index is 13.5. The van der Waals surface area contributed by atoms with Crippen molar-refractivity contribution in [3.8, 4) is 0 Å². The van der Waals surface area contributed by atoms with Crippen molar-refractivity contribution in [3.63, 3.8) is 0 Å². The van der Waals surface area contributed by atoms with E-state index in [1.807, 2.05) is 17.5 Å². The van der Waals surface area contributed by atoms with Crippen molar-refractivity contribution in [1.29, 1.82) is 0 Å². The minimum Gasteiger partial charge on any atom is -0.456 e. The molecule has 0 radical (unpaired) electrons. The Bertz CT molecular complexity index is 706. The van der Waals surface area contributed by atoms with Crippen LogP contribution in [0.25, 0.3) is 11.0 Å². The molecule has 18 heavy (non-hydrogen) atoms. The molecule has 0 aliphatic rings. The molecular weight excluding hydrogens is 317 g/mol. The van der Waals surface area contributed by atoms with Gasteiger partial charge in [-0.3, -0.25) is 0 Å². The standard InChI is InChI=1S/C13H9BrFNOS/c14-11-5-8(6-18-11)12(16)10-4-7-2-1-3-9(15)13(7)17-10/h1-6,12H,16H2. The van der Waals surface area contributed by atoms with Gasteiger partial charge in [0.2, 0.25) is 0 Å². The summed E-state index contributed by atoms with van der Waals surface area (Å²) in [6.45, 7) is 0. The molecule has 0 saturated heterocycles. The van der Waals surface area contributed by atoms with Crippen molar-refractivity contribution < 1.29 is 8.81 Å². The van der Waals surface area contributed by atoms with Crippen LogP contribution in [0, 0.1) is 5.82 Å². The van der Waals surface area contributed by atoms with Crippen LogP contribution in [0.4, 0.5) is 4.39 Å². The first kappa shape index (κ1) is 11.9. The van der Waals surface area contributed by atoms with E-state index in [1.165, 1.54) is 6.07 Å². The number of furan rings is 1. The lowest BCUT2D eigenvalue weighted by atomic mass is 10.1. The van der Waals surface area contributed by atoms with Gasteiger partial charge in [0.15, 0.2) is 11.4 Å². The maximum atomic E-state index is 13.5. The second kappa shape index (κ2) is 4.50. The van der Waals surface area contributed by atoms with Crippen molar-refractivity contribution in [2.45, 2.75) is 6.04 Å². The Balaban J connectivity index is 2.06. The second-order valence-electron chi connectivity index (χ2n) is 3.97. The van der Waals surface area contributed by atoms with Crippen LogP contribution in [-0.4, -0.2) is 0 Å². The van der Waals surface area contributed by atoms with E-state index in [0.717, 1.165) is 14.7 Å². The average Bonchev–Trinajstić information content (AvgIpc) is 2.95. The molecular formula is C13H9BrFNOS. The molecule has 3 aromatic rings. The molecule has 0 bridgehead atoms. The quantitative estimate of drug-likeness (QED) is 0.756. The van der Waals surface area contributed by atoms with Gasteiger partial charge < -0.3 is 10.2 Å². The predicted molar refractivity (Wildman–Crippen MR) is 74.2 cm³/mol. The summed E-state index contributed by atoms with van der Waals surface area (Å²) in [5.74, 6) is 0.206. The largest absolute Gasteiger partial charge is 0.456 e. The van der Waals surface area contributed by atoms with Crippen LogP contribution >= 0.6 is 27.3 Å². The van der Waals surface area contributed by atoms with E-state index in [4.69, 9.17) is 10.2 Å². The van der Waals surface area contributed by atoms with Crippen molar-refractivity contribution in [2.24, 2.45) is 5.73 Å². The van der Waals surface area contributed by atoms with Crippen LogP contribution in [-0.2, 0) is 0 Å². The van der Waals surface area contributed by atoms with Gasteiger partial charge in [-0.15, -0.1) is 11.3 Å². The molecule has 0 aliphatic carbocycles. The molecule has 1 aromatic carbocycles. The molecule has 0 spiro atoms. The summed E-state index contributed by atoms with van der Waals surface area (Å²) >= 11 is 4.95. The second-order valence-corrected chi connectivity index (χ2v) is 6.26. The molecule has 0 amide bonds. The molecule has 0 saturated carbocycles. The molecule has 2 N–H and O–H groups in total. The van der Waals surface area contributed by atoms with E-state index < -0.39 is 0 Å². The maximum Gasteiger partial charge on any atom is 0.169 e. The highest BCUT2D eigenvalue weighted by molar-refractivity contribution is 9.11. The van der Waals surface area contributed by atoms with E-state index in [0.29, 0.717) is 5.76 Å². The van der Waals surface area contributed by atoms with Gasteiger partial charge in [0, 0.05) is 5.39 Å². The SMILES string of the molecule is NC(c1csc(Br)c1)c1cc2cccc(F)c2o1. The third-order valence-electron chi connectivity index (χ3n) is 2.77. The lowest BCUT2D eigenvalue weighted by Gasteiger charge is -2.05. The van der Waals surface area contributed by atoms with Gasteiger partial charge in [-0.1, -0.05) is 12.1 Å². The molecule has 3 rings (SSSR count). The number of nitrogens with two attached hydrogens (primary N) is 1. The van der Waals surface area contributed by atoms with Gasteiger partial charge in [-0.05, 0) is 45.1 Å². The number of halogens is 2. The number of rotatable bonds is 2. The molecule has 1 atom stereocenters. The Labute approximate surface area is 115 Å². The monoisotopic (exact) mass is 325 g/mol. The smallest absolute Gasteiger partial charge is 0.169 e. The van der Waals surface area contributed by atoms with Crippen molar-refractivity contribution in [3.05, 3.63) is 56.6 Å². The summed E-state index contributed by atoms with van der Waals surface area (Å²) in [6.07, 6.45) is 0. The van der Waals surface area contributed by atoms with Gasteiger partial charge in [0.1, 0.15) is 5.76 Å². The van der Waals surface area contributed by atoms with Gasteiger partial charge in [-0.2, -0.15) is 0 Å². The number of para-hydroxylation sites is 1. The minimum absolute atomic E-state index is 0.261. The van der Waals surface area contributed by atoms with Gasteiger partial charge in [-0.25, -0.2) is 4.39 Å². The Morgan fingerprint density at radius 3 is 2.83 bits per heavy atom. The van der Waals surface area contributed by atoms with Gasteiger partial charge in [0.05, 0.1) is 9.83 Å². The van der Waals surface area contributed by atoms with Gasteiger partial charge in [0.25, 0.3) is 0 Å². The fourth-order valence-corrected chi connectivity index (χ4v) is 3.06. The Morgan fingerprint density at radius 2 is 2.17 bits per heavy atom. The Morgan fingerprint density at radius 1 is 1.33 bits per heavy atom. The van der Waals surface area contributed by atoms with Crippen LogP contribution < -0.4 is 5.73 Å². The molecule has 1 unspecified atom stereocenters. The van der Waals surface area contributed by atoms with E-state index in [1.54, 1.807) is 23.5 Å². The Kier molecular flexibility index (Phi) is 2.97. The summed E-state index contributed by atoms with van der Waals surface area (Å²) in [4.78, 5) is 0. The first-order valence-corrected chi connectivity index (χ1v) is 7.00. The molecule has 2 aromatic heterocycles. The van der Waals surface area contributed by atoms with Crippen LogP contribution in [0.1, 0.15) is 17.4 Å². The fraction of sp³-hybridized carbons (Fsp3) is 0.0769. The normalized spacial score (nSPS) is 13.1. The number of hydrogen-bond acceptors (Lipinski definition) is 3. The average molecular weight is 326 g/mol. The number of benzene rings is 1. The fourth-order valence-electron chi connectivity index (χ4n) is 1.85. The summed E-state index contributed by atoms with van der Waals surface area (Å²) in [5.41, 5.74) is 7.32. The van der Waals surface area contributed by atoms with Crippen molar-refractivity contribution in [1.82, 2.24) is 0 Å². The zero-order chi connectivity index (χ0) is 12.7. The van der Waals surface area contributed by atoms with Crippen molar-refractivity contribution >= 4 is 38.2 Å². The highest BCUT2D eigenvalue weighted by Crippen LogP contribution is 2.31. The summed E-state index contributed by atoms with van der Waals surface area (Å²) < 4.78 is 20.1. The summed E-state index contributed by atoms with van der Waals surface area (Å²) in [7, 11) is 0. The first-order chi connectivity index (χ1) is 8.65. The van der Waals surface area contributed by atoms with E-state index in [-0.39, 0.29) is 17.4 Å². The highest BCUT2D eigenvalue weighted by atomic mass is 79.9. The van der Waals surface area contributed by atoms with E-state index in [9.17, 15) is 4.39 Å². The molecule has 0 fully saturated rings. The third kappa shape index (κ3) is 1.98. The molecule has 5 heteroatoms.